The smallest absolute Gasteiger partial charge is 0.186 e. The first-order chi connectivity index (χ1) is 18.5. The first-order valence-electron chi connectivity index (χ1n) is 13.4. The van der Waals surface area contributed by atoms with Crippen molar-refractivity contribution in [3.8, 4) is 0 Å². The maximum atomic E-state index is 14.0. The van der Waals surface area contributed by atoms with Gasteiger partial charge in [-0.15, -0.1) is 0 Å². The first-order valence-corrected chi connectivity index (χ1v) is 21.2. The Hall–Kier alpha value is -1.49. The number of fused-ring (bicyclic) bond motifs is 1. The number of sulfone groups is 5. The van der Waals surface area contributed by atoms with E-state index in [1.807, 2.05) is 0 Å². The average molecular weight is 704 g/mol. The van der Waals surface area contributed by atoms with Gasteiger partial charge in [-0.2, -0.15) is 0 Å². The molecule has 0 fully saturated rings. The monoisotopic (exact) mass is 703 g/mol. The van der Waals surface area contributed by atoms with Crippen molar-refractivity contribution in [3.63, 3.8) is 0 Å². The van der Waals surface area contributed by atoms with Gasteiger partial charge in [0.15, 0.2) is 49.2 Å². The molecule has 0 saturated carbocycles. The molecule has 2 heterocycles. The molecule has 0 aromatic carbocycles. The molecule has 43 heavy (non-hydrogen) atoms. The predicted molar refractivity (Wildman–Crippen MR) is 172 cm³/mol. The molecule has 0 atom stereocenters. The van der Waals surface area contributed by atoms with Crippen LogP contribution in [0.3, 0.4) is 0 Å². The molecule has 0 N–H and O–H groups in total. The van der Waals surface area contributed by atoms with Crippen LogP contribution in [0.15, 0.2) is 10.8 Å². The molecule has 0 bridgehead atoms. The Labute approximate surface area is 258 Å². The Balaban J connectivity index is 3.41. The highest BCUT2D eigenvalue weighted by Gasteiger charge is 2.46. The Morgan fingerprint density at radius 1 is 0.558 bits per heavy atom. The summed E-state index contributed by atoms with van der Waals surface area (Å²) in [6, 6.07) is 0. The van der Waals surface area contributed by atoms with Gasteiger partial charge >= 0.3 is 0 Å². The fourth-order valence-corrected chi connectivity index (χ4v) is 11.2. The summed E-state index contributed by atoms with van der Waals surface area (Å²) in [5.74, 6) is -1.40. The summed E-state index contributed by atoms with van der Waals surface area (Å²) in [6.07, 6.45) is 0. The van der Waals surface area contributed by atoms with Crippen LogP contribution >= 0.6 is 0 Å². The van der Waals surface area contributed by atoms with Crippen molar-refractivity contribution in [1.29, 1.82) is 0 Å². The van der Waals surface area contributed by atoms with Crippen molar-refractivity contribution in [1.82, 2.24) is 4.57 Å². The normalized spacial score (nSPS) is 18.2. The van der Waals surface area contributed by atoms with Gasteiger partial charge in [-0.3, -0.25) is 0 Å². The van der Waals surface area contributed by atoms with Gasteiger partial charge in [-0.05, 0) is 94.2 Å². The van der Waals surface area contributed by atoms with Gasteiger partial charge in [-0.25, -0.2) is 42.1 Å². The number of rotatable bonds is 6. The third-order valence-corrected chi connectivity index (χ3v) is 18.5. The minimum atomic E-state index is -4.52. The Kier molecular flexibility index (Phi) is 9.23. The second-order valence-electron chi connectivity index (χ2n) is 14.8. The van der Waals surface area contributed by atoms with Crippen LogP contribution in [-0.4, -0.2) is 65.6 Å². The molecule has 11 nitrogen and oxygen atoms in total. The van der Waals surface area contributed by atoms with E-state index in [1.54, 1.807) is 0 Å². The molecule has 0 unspecified atom stereocenters. The van der Waals surface area contributed by atoms with E-state index in [0.717, 1.165) is 4.57 Å². The molecular weight excluding hydrogens is 659 g/mol. The van der Waals surface area contributed by atoms with Gasteiger partial charge in [0.25, 0.3) is 0 Å². The Morgan fingerprint density at radius 2 is 0.814 bits per heavy atom. The molecule has 0 aliphatic carbocycles. The van der Waals surface area contributed by atoms with Crippen LogP contribution in [0.2, 0.25) is 0 Å². The molecule has 0 amide bonds. The first kappa shape index (κ1) is 37.7. The number of aromatic nitrogens is 1. The Bertz CT molecular complexity index is 1810. The van der Waals surface area contributed by atoms with Crippen LogP contribution in [-0.2, 0) is 67.7 Å². The van der Waals surface area contributed by atoms with E-state index < -0.39 is 89.5 Å². The molecule has 1 aromatic rings. The summed E-state index contributed by atoms with van der Waals surface area (Å²) in [6.45, 7) is 16.4. The Morgan fingerprint density at radius 3 is 1.02 bits per heavy atom. The van der Waals surface area contributed by atoms with Gasteiger partial charge in [0.1, 0.15) is 9.81 Å². The van der Waals surface area contributed by atoms with Gasteiger partial charge in [0.05, 0.1) is 52.7 Å². The van der Waals surface area contributed by atoms with E-state index in [-0.39, 0.29) is 22.5 Å². The standard InChI is InChI=1S/C27H45NO10S5/c1-24(2,3)40(31,32)16-20(42(35,36)26(7,8)9)22-18-14-39(29,30)15-19(18)23(28(22)13)21(43(37,38)27(10,11)12)17-41(33,34)25(4,5)6/h16-17H,14-15H2,1-13H3/b20-16+,21-17+. The summed E-state index contributed by atoms with van der Waals surface area (Å²) in [5, 5.41) is 1.21. The summed E-state index contributed by atoms with van der Waals surface area (Å²) in [7, 11) is -20.3. The van der Waals surface area contributed by atoms with Gasteiger partial charge in [0.2, 0.25) is 0 Å². The second-order valence-corrected chi connectivity index (χ2v) is 27.3. The van der Waals surface area contributed by atoms with Crippen molar-refractivity contribution in [2.24, 2.45) is 7.05 Å². The van der Waals surface area contributed by atoms with Gasteiger partial charge < -0.3 is 4.57 Å². The minimum absolute atomic E-state index is 0.0937. The summed E-state index contributed by atoms with van der Waals surface area (Å²) in [4.78, 5) is -1.41. The van der Waals surface area contributed by atoms with E-state index in [2.05, 4.69) is 0 Å². The van der Waals surface area contributed by atoms with Gasteiger partial charge in [0, 0.05) is 7.05 Å². The quantitative estimate of drug-likeness (QED) is 0.422. The lowest BCUT2D eigenvalue weighted by Crippen LogP contribution is -2.33. The lowest BCUT2D eigenvalue weighted by atomic mass is 10.1. The number of nitrogens with zero attached hydrogens (tertiary/aromatic N) is 1. The average Bonchev–Trinajstić information content (AvgIpc) is 3.15. The largest absolute Gasteiger partial charge is 0.342 e. The van der Waals surface area contributed by atoms with Crippen LogP contribution in [0.1, 0.15) is 106 Å². The molecule has 248 valence electrons. The molecule has 16 heteroatoms. The zero-order valence-electron chi connectivity index (χ0n) is 27.1. The van der Waals surface area contributed by atoms with Crippen LogP contribution in [0.5, 0.6) is 0 Å². The highest BCUT2D eigenvalue weighted by Crippen LogP contribution is 2.46. The zero-order valence-corrected chi connectivity index (χ0v) is 31.2. The molecule has 0 saturated heterocycles. The van der Waals surface area contributed by atoms with Crippen LogP contribution in [0.25, 0.3) is 9.81 Å². The topological polar surface area (TPSA) is 176 Å². The minimum Gasteiger partial charge on any atom is -0.342 e. The fourth-order valence-electron chi connectivity index (χ4n) is 4.02. The highest BCUT2D eigenvalue weighted by molar-refractivity contribution is 8.04. The molecule has 1 aromatic heterocycles. The van der Waals surface area contributed by atoms with Crippen LogP contribution < -0.4 is 0 Å². The van der Waals surface area contributed by atoms with E-state index in [1.165, 1.54) is 90.1 Å². The summed E-state index contributed by atoms with van der Waals surface area (Å²) in [5.41, 5.74) is -0.832. The molecule has 2 rings (SSSR count). The maximum Gasteiger partial charge on any atom is 0.186 e. The van der Waals surface area contributed by atoms with Crippen molar-refractivity contribution < 1.29 is 42.1 Å². The number of hydrogen-bond donors (Lipinski definition) is 0. The van der Waals surface area contributed by atoms with E-state index in [9.17, 15) is 42.1 Å². The lowest BCUT2D eigenvalue weighted by Gasteiger charge is -2.26. The van der Waals surface area contributed by atoms with Crippen molar-refractivity contribution in [2.45, 2.75) is 114 Å². The van der Waals surface area contributed by atoms with Crippen molar-refractivity contribution >= 4 is 59.0 Å². The second kappa shape index (κ2) is 10.5. The number of hydrogen-bond acceptors (Lipinski definition) is 10. The zero-order chi connectivity index (χ0) is 34.4. The highest BCUT2D eigenvalue weighted by atomic mass is 32.2. The third-order valence-electron chi connectivity index (χ3n) is 7.22. The van der Waals surface area contributed by atoms with Crippen molar-refractivity contribution in [2.75, 3.05) is 0 Å². The summed E-state index contributed by atoms with van der Waals surface area (Å²) < 4.78 is 131. The third kappa shape index (κ3) is 6.73. The SMILES string of the molecule is Cn1c(/C(=C\S(=O)(=O)C(C)(C)C)S(=O)(=O)C(C)(C)C)c2c(c1/C(=C\S(=O)(=O)C(C)(C)C)S(=O)(=O)C(C)(C)C)CS(=O)(=O)C2. The van der Waals surface area contributed by atoms with E-state index in [0.29, 0.717) is 10.8 Å². The molecular formula is C27H45NO10S5. The van der Waals surface area contributed by atoms with E-state index in [4.69, 9.17) is 0 Å². The summed E-state index contributed by atoms with van der Waals surface area (Å²) >= 11 is 0. The molecule has 0 spiro atoms. The fraction of sp³-hybridized carbons (Fsp3) is 0.704. The van der Waals surface area contributed by atoms with Crippen LogP contribution in [0, 0.1) is 0 Å². The van der Waals surface area contributed by atoms with E-state index >= 15 is 0 Å². The lowest BCUT2D eigenvalue weighted by molar-refractivity contribution is 0.566. The molecule has 1 aliphatic heterocycles. The van der Waals surface area contributed by atoms with Gasteiger partial charge in [-0.1, -0.05) is 0 Å². The maximum absolute atomic E-state index is 14.0. The van der Waals surface area contributed by atoms with Crippen LogP contribution in [0.4, 0.5) is 0 Å². The van der Waals surface area contributed by atoms with Crippen molar-refractivity contribution in [3.05, 3.63) is 33.3 Å². The predicted octanol–water partition coefficient (Wildman–Crippen LogP) is 3.90. The molecule has 0 radical (unpaired) electrons. The molecule has 1 aliphatic rings.